The van der Waals surface area contributed by atoms with E-state index in [0.29, 0.717) is 10.2 Å². The van der Waals surface area contributed by atoms with Crippen LogP contribution in [0.3, 0.4) is 0 Å². The zero-order valence-electron chi connectivity index (χ0n) is 11.2. The third kappa shape index (κ3) is 2.53. The average Bonchev–Trinajstić information content (AvgIpc) is 3.25. The number of carbonyl (C=O) groups is 1. The van der Waals surface area contributed by atoms with Gasteiger partial charge in [0.05, 0.1) is 11.1 Å². The number of halogens is 2. The molecule has 0 bridgehead atoms. The lowest BCUT2D eigenvalue weighted by Crippen LogP contribution is -2.28. The Bertz CT molecular complexity index is 676. The highest BCUT2D eigenvalue weighted by atomic mass is 79.9. The molecule has 108 valence electrons. The smallest absolute Gasteiger partial charge is 0.235 e. The Balaban J connectivity index is 1.87. The summed E-state index contributed by atoms with van der Waals surface area (Å²) >= 11 is 3.26. The van der Waals surface area contributed by atoms with Gasteiger partial charge in [-0.25, -0.2) is 4.39 Å². The molecule has 3 rings (SSSR count). The number of carbonyl (C=O) groups excluding carboxylic acids is 1. The fourth-order valence-electron chi connectivity index (χ4n) is 2.42. The van der Waals surface area contributed by atoms with Crippen molar-refractivity contribution in [2.45, 2.75) is 18.3 Å². The summed E-state index contributed by atoms with van der Waals surface area (Å²) in [5.74, 6) is -0.635. The van der Waals surface area contributed by atoms with Crippen LogP contribution in [0, 0.1) is 5.82 Å². The zero-order chi connectivity index (χ0) is 15.0. The summed E-state index contributed by atoms with van der Waals surface area (Å²) in [7, 11) is 0. The quantitative estimate of drug-likeness (QED) is 0.828. The van der Waals surface area contributed by atoms with E-state index in [1.54, 1.807) is 24.3 Å². The lowest BCUT2D eigenvalue weighted by molar-refractivity contribution is -0.118. The molecule has 0 aromatic heterocycles. The summed E-state index contributed by atoms with van der Waals surface area (Å²) in [6.45, 7) is 0. The number of benzene rings is 2. The molecule has 0 heterocycles. The number of nitrogens with two attached hydrogens (primary N) is 1. The van der Waals surface area contributed by atoms with Crippen LogP contribution >= 0.6 is 15.9 Å². The van der Waals surface area contributed by atoms with Crippen LogP contribution < -0.4 is 11.1 Å². The highest BCUT2D eigenvalue weighted by Crippen LogP contribution is 2.49. The second kappa shape index (κ2) is 5.15. The molecule has 2 aromatic carbocycles. The van der Waals surface area contributed by atoms with Crippen LogP contribution in [-0.2, 0) is 10.2 Å². The maximum Gasteiger partial charge on any atom is 0.235 e. The van der Waals surface area contributed by atoms with Gasteiger partial charge in [0.15, 0.2) is 0 Å². The Kier molecular flexibility index (Phi) is 3.45. The van der Waals surface area contributed by atoms with Crippen molar-refractivity contribution in [3.63, 3.8) is 0 Å². The van der Waals surface area contributed by atoms with Gasteiger partial charge in [-0.3, -0.25) is 4.79 Å². The number of amides is 1. The van der Waals surface area contributed by atoms with Crippen LogP contribution in [0.4, 0.5) is 15.8 Å². The third-order valence-electron chi connectivity index (χ3n) is 3.85. The zero-order valence-corrected chi connectivity index (χ0v) is 12.8. The molecule has 0 saturated heterocycles. The molecule has 2 aromatic rings. The summed E-state index contributed by atoms with van der Waals surface area (Å²) in [5.41, 5.74) is 6.88. The maximum atomic E-state index is 13.8. The molecule has 21 heavy (non-hydrogen) atoms. The second-order valence-electron chi connectivity index (χ2n) is 5.25. The van der Waals surface area contributed by atoms with Gasteiger partial charge in [-0.1, -0.05) is 18.2 Å². The summed E-state index contributed by atoms with van der Waals surface area (Å²) in [4.78, 5) is 12.6. The van der Waals surface area contributed by atoms with Crippen molar-refractivity contribution >= 4 is 33.2 Å². The van der Waals surface area contributed by atoms with E-state index >= 15 is 0 Å². The third-order valence-corrected chi connectivity index (χ3v) is 4.51. The fourth-order valence-corrected chi connectivity index (χ4v) is 2.87. The summed E-state index contributed by atoms with van der Waals surface area (Å²) in [5, 5.41) is 2.70. The predicted molar refractivity (Wildman–Crippen MR) is 84.5 cm³/mol. The van der Waals surface area contributed by atoms with Crippen molar-refractivity contribution in [2.24, 2.45) is 0 Å². The van der Waals surface area contributed by atoms with Crippen molar-refractivity contribution in [3.8, 4) is 0 Å². The number of nitrogens with one attached hydrogen (secondary N) is 1. The minimum Gasteiger partial charge on any atom is -0.399 e. The monoisotopic (exact) mass is 348 g/mol. The topological polar surface area (TPSA) is 55.1 Å². The Hall–Kier alpha value is -1.88. The van der Waals surface area contributed by atoms with Gasteiger partial charge in [-0.2, -0.15) is 0 Å². The van der Waals surface area contributed by atoms with Gasteiger partial charge in [-0.05, 0) is 58.6 Å². The minimum atomic E-state index is -0.560. The minimum absolute atomic E-state index is 0.182. The lowest BCUT2D eigenvalue weighted by Gasteiger charge is -2.17. The first-order chi connectivity index (χ1) is 10.0. The molecule has 1 fully saturated rings. The first-order valence-corrected chi connectivity index (χ1v) is 7.44. The Morgan fingerprint density at radius 3 is 2.43 bits per heavy atom. The Labute approximate surface area is 130 Å². The van der Waals surface area contributed by atoms with Gasteiger partial charge >= 0.3 is 0 Å². The number of nitrogen functional groups attached to an aromatic ring is 1. The molecule has 5 heteroatoms. The number of para-hydroxylation sites is 1. The highest BCUT2D eigenvalue weighted by Gasteiger charge is 2.51. The molecule has 0 atom stereocenters. The molecule has 0 unspecified atom stereocenters. The van der Waals surface area contributed by atoms with E-state index in [4.69, 9.17) is 5.73 Å². The fraction of sp³-hybridized carbons (Fsp3) is 0.188. The van der Waals surface area contributed by atoms with E-state index in [-0.39, 0.29) is 11.6 Å². The first kappa shape index (κ1) is 14.1. The van der Waals surface area contributed by atoms with Crippen LogP contribution in [0.1, 0.15) is 18.4 Å². The van der Waals surface area contributed by atoms with E-state index < -0.39 is 11.2 Å². The molecular formula is C16H14BrFN2O. The molecule has 1 saturated carbocycles. The van der Waals surface area contributed by atoms with Gasteiger partial charge in [0, 0.05) is 10.2 Å². The number of hydrogen-bond acceptors (Lipinski definition) is 2. The molecule has 3 nitrogen and oxygen atoms in total. The van der Waals surface area contributed by atoms with Gasteiger partial charge in [0.1, 0.15) is 5.82 Å². The molecule has 1 aliphatic rings. The van der Waals surface area contributed by atoms with Crippen molar-refractivity contribution in [1.82, 2.24) is 0 Å². The van der Waals surface area contributed by atoms with E-state index in [1.807, 2.05) is 12.1 Å². The summed E-state index contributed by atoms with van der Waals surface area (Å²) in [6, 6.07) is 11.9. The molecule has 0 aliphatic heterocycles. The standard InChI is InChI=1S/C16H14BrFN2O/c17-12-2-1-3-13(18)14(12)20-15(21)16(8-9-16)10-4-6-11(19)7-5-10/h1-7H,8-9,19H2,(H,20,21). The summed E-state index contributed by atoms with van der Waals surface area (Å²) in [6.07, 6.45) is 1.52. The van der Waals surface area contributed by atoms with Crippen LogP contribution in [0.5, 0.6) is 0 Å². The van der Waals surface area contributed by atoms with Crippen LogP contribution in [0.25, 0.3) is 0 Å². The largest absolute Gasteiger partial charge is 0.399 e. The molecule has 0 radical (unpaired) electrons. The molecule has 0 spiro atoms. The molecule has 3 N–H and O–H groups in total. The molecular weight excluding hydrogens is 335 g/mol. The molecule has 1 amide bonds. The average molecular weight is 349 g/mol. The lowest BCUT2D eigenvalue weighted by atomic mass is 9.94. The van der Waals surface area contributed by atoms with Crippen molar-refractivity contribution in [2.75, 3.05) is 11.1 Å². The van der Waals surface area contributed by atoms with Crippen LogP contribution in [0.15, 0.2) is 46.9 Å². The second-order valence-corrected chi connectivity index (χ2v) is 6.11. The molecule has 1 aliphatic carbocycles. The van der Waals surface area contributed by atoms with Gasteiger partial charge in [-0.15, -0.1) is 0 Å². The van der Waals surface area contributed by atoms with Gasteiger partial charge in [0.2, 0.25) is 5.91 Å². The Morgan fingerprint density at radius 1 is 1.19 bits per heavy atom. The number of anilines is 2. The normalized spacial score (nSPS) is 15.5. The van der Waals surface area contributed by atoms with Gasteiger partial charge < -0.3 is 11.1 Å². The van der Waals surface area contributed by atoms with Crippen LogP contribution in [0.2, 0.25) is 0 Å². The highest BCUT2D eigenvalue weighted by molar-refractivity contribution is 9.10. The SMILES string of the molecule is Nc1ccc(C2(C(=O)Nc3c(F)cccc3Br)CC2)cc1. The van der Waals surface area contributed by atoms with E-state index in [1.165, 1.54) is 6.07 Å². The van der Waals surface area contributed by atoms with E-state index in [9.17, 15) is 9.18 Å². The first-order valence-electron chi connectivity index (χ1n) is 6.64. The summed E-state index contributed by atoms with van der Waals surface area (Å²) < 4.78 is 14.3. The van der Waals surface area contributed by atoms with Crippen molar-refractivity contribution in [1.29, 1.82) is 0 Å². The van der Waals surface area contributed by atoms with E-state index in [0.717, 1.165) is 18.4 Å². The Morgan fingerprint density at radius 2 is 1.86 bits per heavy atom. The van der Waals surface area contributed by atoms with Gasteiger partial charge in [0.25, 0.3) is 0 Å². The number of rotatable bonds is 3. The van der Waals surface area contributed by atoms with Crippen LogP contribution in [-0.4, -0.2) is 5.91 Å². The maximum absolute atomic E-state index is 13.8. The van der Waals surface area contributed by atoms with Crippen molar-refractivity contribution in [3.05, 3.63) is 58.3 Å². The van der Waals surface area contributed by atoms with Crippen molar-refractivity contribution < 1.29 is 9.18 Å². The van der Waals surface area contributed by atoms with E-state index in [2.05, 4.69) is 21.2 Å². The number of hydrogen-bond donors (Lipinski definition) is 2. The predicted octanol–water partition coefficient (Wildman–Crippen LogP) is 3.84.